The molecule has 0 aromatic heterocycles. The van der Waals surface area contributed by atoms with Crippen LogP contribution in [0, 0.1) is 0 Å². The summed E-state index contributed by atoms with van der Waals surface area (Å²) in [6.45, 7) is 3.65. The first-order valence-electron chi connectivity index (χ1n) is 9.80. The number of urea groups is 1. The third-order valence-electron chi connectivity index (χ3n) is 4.98. The molecule has 1 aromatic carbocycles. The van der Waals surface area contributed by atoms with Crippen LogP contribution in [0.5, 0.6) is 5.75 Å². The van der Waals surface area contributed by atoms with Gasteiger partial charge in [-0.3, -0.25) is 4.79 Å². The molecular weight excluding hydrogens is 362 g/mol. The summed E-state index contributed by atoms with van der Waals surface area (Å²) in [7, 11) is 1.63. The van der Waals surface area contributed by atoms with Crippen molar-refractivity contribution < 1.29 is 23.8 Å². The summed E-state index contributed by atoms with van der Waals surface area (Å²) in [6, 6.07) is 8.74. The van der Waals surface area contributed by atoms with Gasteiger partial charge in [0, 0.05) is 39.8 Å². The molecule has 2 aliphatic heterocycles. The second-order valence-corrected chi connectivity index (χ2v) is 6.97. The number of rotatable bonds is 7. The van der Waals surface area contributed by atoms with Crippen molar-refractivity contribution in [2.75, 3.05) is 53.1 Å². The third-order valence-corrected chi connectivity index (χ3v) is 4.98. The summed E-state index contributed by atoms with van der Waals surface area (Å²) in [5.41, 5.74) is 0. The van der Waals surface area contributed by atoms with Crippen LogP contribution < -0.4 is 10.1 Å². The Morgan fingerprint density at radius 3 is 2.68 bits per heavy atom. The zero-order valence-electron chi connectivity index (χ0n) is 16.3. The lowest BCUT2D eigenvalue weighted by Crippen LogP contribution is -2.53. The van der Waals surface area contributed by atoms with E-state index in [1.54, 1.807) is 16.9 Å². The zero-order chi connectivity index (χ0) is 19.8. The molecule has 2 fully saturated rings. The van der Waals surface area contributed by atoms with Crippen molar-refractivity contribution in [1.82, 2.24) is 15.1 Å². The summed E-state index contributed by atoms with van der Waals surface area (Å²) in [5, 5.41) is 2.89. The minimum Gasteiger partial charge on any atom is -0.488 e. The number of nitrogens with one attached hydrogen (secondary N) is 1. The average Bonchev–Trinajstić information content (AvgIpc) is 3.16. The number of carbonyl (C=O) groups excluding carboxylic acids is 2. The Morgan fingerprint density at radius 1 is 1.21 bits per heavy atom. The Hall–Kier alpha value is -2.32. The van der Waals surface area contributed by atoms with Gasteiger partial charge in [0.2, 0.25) is 5.91 Å². The van der Waals surface area contributed by atoms with Crippen molar-refractivity contribution in [3.05, 3.63) is 30.3 Å². The van der Waals surface area contributed by atoms with E-state index in [4.69, 9.17) is 14.2 Å². The van der Waals surface area contributed by atoms with E-state index in [1.807, 2.05) is 30.3 Å². The van der Waals surface area contributed by atoms with Crippen LogP contribution in [0.2, 0.25) is 0 Å². The zero-order valence-corrected chi connectivity index (χ0v) is 16.3. The molecule has 1 N–H and O–H groups in total. The number of hydrogen-bond donors (Lipinski definition) is 1. The molecule has 8 heteroatoms. The van der Waals surface area contributed by atoms with Crippen molar-refractivity contribution >= 4 is 11.9 Å². The first-order chi connectivity index (χ1) is 13.7. The quantitative estimate of drug-likeness (QED) is 0.705. The fourth-order valence-corrected chi connectivity index (χ4v) is 3.54. The molecule has 2 aliphatic rings. The van der Waals surface area contributed by atoms with E-state index < -0.39 is 6.04 Å². The lowest BCUT2D eigenvalue weighted by atomic mass is 10.1. The minimum atomic E-state index is -0.519. The second-order valence-electron chi connectivity index (χ2n) is 6.97. The normalized spacial score (nSPS) is 22.2. The number of likely N-dealkylation sites (tertiary alicyclic amines) is 1. The first kappa shape index (κ1) is 20.4. The molecule has 154 valence electrons. The number of benzene rings is 1. The molecule has 0 unspecified atom stereocenters. The standard InChI is InChI=1S/C20H29N3O5/c1-26-11-5-8-21-20(25)23-15-17(28-16-6-3-2-4-7-16)14-18(23)19(24)22-9-12-27-13-10-22/h2-4,6-7,17-18H,5,8-15H2,1H3,(H,21,25)/t17-,18-/m0/s1. The van der Waals surface area contributed by atoms with Gasteiger partial charge in [-0.2, -0.15) is 0 Å². The molecule has 0 bridgehead atoms. The van der Waals surface area contributed by atoms with Crippen LogP contribution in [0.25, 0.3) is 0 Å². The molecule has 2 atom stereocenters. The number of morpholine rings is 1. The predicted octanol–water partition coefficient (Wildman–Crippen LogP) is 1.11. The largest absolute Gasteiger partial charge is 0.488 e. The molecular formula is C20H29N3O5. The summed E-state index contributed by atoms with van der Waals surface area (Å²) in [4.78, 5) is 29.2. The molecule has 3 amide bonds. The van der Waals surface area contributed by atoms with Gasteiger partial charge in [-0.25, -0.2) is 4.79 Å². The Labute approximate surface area is 165 Å². The number of ether oxygens (including phenoxy) is 3. The lowest BCUT2D eigenvalue weighted by Gasteiger charge is -2.32. The van der Waals surface area contributed by atoms with Crippen molar-refractivity contribution in [2.45, 2.75) is 25.0 Å². The SMILES string of the molecule is COCCCNC(=O)N1C[C@@H](Oc2ccccc2)C[C@H]1C(=O)N1CCOCC1. The number of carbonyl (C=O) groups is 2. The van der Waals surface area contributed by atoms with Crippen LogP contribution in [-0.2, 0) is 14.3 Å². The number of hydrogen-bond acceptors (Lipinski definition) is 5. The maximum Gasteiger partial charge on any atom is 0.318 e. The molecule has 0 saturated carbocycles. The maximum absolute atomic E-state index is 13.1. The number of methoxy groups -OCH3 is 1. The van der Waals surface area contributed by atoms with Gasteiger partial charge in [0.05, 0.1) is 19.8 Å². The van der Waals surface area contributed by atoms with E-state index in [0.29, 0.717) is 52.4 Å². The fraction of sp³-hybridized carbons (Fsp3) is 0.600. The van der Waals surface area contributed by atoms with Gasteiger partial charge >= 0.3 is 6.03 Å². The Balaban J connectivity index is 1.65. The molecule has 8 nitrogen and oxygen atoms in total. The molecule has 2 heterocycles. The number of amides is 3. The highest BCUT2D eigenvalue weighted by atomic mass is 16.5. The maximum atomic E-state index is 13.1. The lowest BCUT2D eigenvalue weighted by molar-refractivity contribution is -0.139. The van der Waals surface area contributed by atoms with Gasteiger partial charge in [-0.1, -0.05) is 18.2 Å². The van der Waals surface area contributed by atoms with Crippen LogP contribution >= 0.6 is 0 Å². The van der Waals surface area contributed by atoms with E-state index in [0.717, 1.165) is 12.2 Å². The van der Waals surface area contributed by atoms with Crippen LogP contribution in [-0.4, -0.2) is 87.0 Å². The van der Waals surface area contributed by atoms with E-state index >= 15 is 0 Å². The van der Waals surface area contributed by atoms with Gasteiger partial charge in [0.25, 0.3) is 0 Å². The van der Waals surface area contributed by atoms with E-state index in [2.05, 4.69) is 5.32 Å². The highest BCUT2D eigenvalue weighted by Crippen LogP contribution is 2.25. The van der Waals surface area contributed by atoms with Gasteiger partial charge in [-0.15, -0.1) is 0 Å². The smallest absolute Gasteiger partial charge is 0.318 e. The molecule has 0 spiro atoms. The van der Waals surface area contributed by atoms with Crippen LogP contribution in [0.3, 0.4) is 0 Å². The molecule has 1 aromatic rings. The van der Waals surface area contributed by atoms with Gasteiger partial charge in [-0.05, 0) is 18.6 Å². The van der Waals surface area contributed by atoms with E-state index in [1.165, 1.54) is 0 Å². The highest BCUT2D eigenvalue weighted by molar-refractivity contribution is 5.88. The summed E-state index contributed by atoms with van der Waals surface area (Å²) < 4.78 is 16.4. The number of para-hydroxylation sites is 1. The monoisotopic (exact) mass is 391 g/mol. The van der Waals surface area contributed by atoms with Crippen molar-refractivity contribution in [3.63, 3.8) is 0 Å². The predicted molar refractivity (Wildman–Crippen MR) is 103 cm³/mol. The van der Waals surface area contributed by atoms with Crippen molar-refractivity contribution in [1.29, 1.82) is 0 Å². The highest BCUT2D eigenvalue weighted by Gasteiger charge is 2.42. The van der Waals surface area contributed by atoms with Gasteiger partial charge in [0.1, 0.15) is 17.9 Å². The van der Waals surface area contributed by atoms with Gasteiger partial charge < -0.3 is 29.3 Å². The summed E-state index contributed by atoms with van der Waals surface area (Å²) in [6.07, 6.45) is 0.987. The second kappa shape index (κ2) is 10.3. The molecule has 0 radical (unpaired) electrons. The fourth-order valence-electron chi connectivity index (χ4n) is 3.54. The van der Waals surface area contributed by atoms with Crippen LogP contribution in [0.1, 0.15) is 12.8 Å². The average molecular weight is 391 g/mol. The minimum absolute atomic E-state index is 0.0329. The van der Waals surface area contributed by atoms with Crippen molar-refractivity contribution in [3.8, 4) is 5.75 Å². The molecule has 0 aliphatic carbocycles. The Bertz CT molecular complexity index is 636. The van der Waals surface area contributed by atoms with Crippen molar-refractivity contribution in [2.24, 2.45) is 0 Å². The Kier molecular flexibility index (Phi) is 7.50. The van der Waals surface area contributed by atoms with E-state index in [9.17, 15) is 9.59 Å². The van der Waals surface area contributed by atoms with Gasteiger partial charge in [0.15, 0.2) is 0 Å². The summed E-state index contributed by atoms with van der Waals surface area (Å²) in [5.74, 6) is 0.710. The first-order valence-corrected chi connectivity index (χ1v) is 9.80. The molecule has 3 rings (SSSR count). The van der Waals surface area contributed by atoms with Crippen LogP contribution in [0.15, 0.2) is 30.3 Å². The molecule has 2 saturated heterocycles. The topological polar surface area (TPSA) is 80.3 Å². The van der Waals surface area contributed by atoms with E-state index in [-0.39, 0.29) is 18.0 Å². The Morgan fingerprint density at radius 2 is 1.96 bits per heavy atom. The van der Waals surface area contributed by atoms with Crippen LogP contribution in [0.4, 0.5) is 4.79 Å². The number of nitrogens with zero attached hydrogens (tertiary/aromatic N) is 2. The summed E-state index contributed by atoms with van der Waals surface area (Å²) >= 11 is 0. The third kappa shape index (κ3) is 5.36. The molecule has 28 heavy (non-hydrogen) atoms.